The average Bonchev–Trinajstić information content (AvgIpc) is 3.21. The van der Waals surface area contributed by atoms with Crippen molar-refractivity contribution in [2.24, 2.45) is 10.7 Å². The molecule has 1 aromatic carbocycles. The molecule has 0 bridgehead atoms. The number of aliphatic imine (C=N–C) groups is 1. The number of likely N-dealkylation sites (tertiary alicyclic amines) is 1. The number of nitrogens with two attached hydrogens (primary N) is 1. The molecule has 4 nitrogen and oxygen atoms in total. The summed E-state index contributed by atoms with van der Waals surface area (Å²) in [7, 11) is 0. The lowest BCUT2D eigenvalue weighted by molar-refractivity contribution is 0.267. The van der Waals surface area contributed by atoms with E-state index in [2.05, 4.69) is 53.3 Å². The summed E-state index contributed by atoms with van der Waals surface area (Å²) in [6.45, 7) is 8.49. The van der Waals surface area contributed by atoms with Gasteiger partial charge in [-0.3, -0.25) is 9.89 Å². The summed E-state index contributed by atoms with van der Waals surface area (Å²) in [6, 6.07) is 9.29. The Bertz CT molecular complexity index is 568. The highest BCUT2D eigenvalue weighted by Crippen LogP contribution is 2.49. The van der Waals surface area contributed by atoms with E-state index in [9.17, 15) is 0 Å². The third-order valence-corrected chi connectivity index (χ3v) is 5.55. The van der Waals surface area contributed by atoms with Crippen LogP contribution in [0.15, 0.2) is 29.3 Å². The van der Waals surface area contributed by atoms with Crippen molar-refractivity contribution in [3.63, 3.8) is 0 Å². The van der Waals surface area contributed by atoms with Crippen molar-refractivity contribution in [3.05, 3.63) is 35.4 Å². The number of hydrogen-bond donors (Lipinski definition) is 2. The minimum atomic E-state index is 0. The van der Waals surface area contributed by atoms with Gasteiger partial charge in [0, 0.05) is 18.0 Å². The highest BCUT2D eigenvalue weighted by atomic mass is 127. The first-order valence-corrected chi connectivity index (χ1v) is 8.98. The molecule has 134 valence electrons. The second-order valence-electron chi connectivity index (χ2n) is 7.10. The number of benzene rings is 1. The molecule has 1 aliphatic carbocycles. The number of aryl methyl sites for hydroxylation is 1. The summed E-state index contributed by atoms with van der Waals surface area (Å²) in [5.74, 6) is 0.604. The average molecular weight is 442 g/mol. The highest BCUT2D eigenvalue weighted by molar-refractivity contribution is 14.0. The Morgan fingerprint density at radius 3 is 2.79 bits per heavy atom. The summed E-state index contributed by atoms with van der Waals surface area (Å²) >= 11 is 0. The van der Waals surface area contributed by atoms with Crippen LogP contribution in [0.4, 0.5) is 0 Å². The Labute approximate surface area is 163 Å². The lowest BCUT2D eigenvalue weighted by Gasteiger charge is -2.23. The van der Waals surface area contributed by atoms with Crippen LogP contribution in [0.1, 0.15) is 43.7 Å². The summed E-state index contributed by atoms with van der Waals surface area (Å²) < 4.78 is 0. The van der Waals surface area contributed by atoms with Crippen LogP contribution >= 0.6 is 24.0 Å². The van der Waals surface area contributed by atoms with E-state index in [-0.39, 0.29) is 29.4 Å². The minimum Gasteiger partial charge on any atom is -0.370 e. The standard InChI is InChI=1S/C19H30N4.HI/c1-3-23-12-6-8-16(23)13-21-18(20)22-14-19(10-11-19)17-9-5-4-7-15(17)2;/h4-5,7,9,16H,3,6,8,10-14H2,1-2H3,(H3,20,21,22);1H. The first kappa shape index (κ1) is 19.5. The molecule has 2 fully saturated rings. The number of nitrogens with one attached hydrogen (secondary N) is 1. The topological polar surface area (TPSA) is 53.6 Å². The molecule has 0 radical (unpaired) electrons. The third-order valence-electron chi connectivity index (χ3n) is 5.55. The zero-order valence-corrected chi connectivity index (χ0v) is 17.3. The fraction of sp³-hybridized carbons (Fsp3) is 0.632. The molecular weight excluding hydrogens is 411 g/mol. The summed E-state index contributed by atoms with van der Waals surface area (Å²) in [5.41, 5.74) is 9.17. The zero-order valence-electron chi connectivity index (χ0n) is 14.9. The van der Waals surface area contributed by atoms with Crippen molar-refractivity contribution in [3.8, 4) is 0 Å². The smallest absolute Gasteiger partial charge is 0.188 e. The number of rotatable bonds is 6. The molecule has 0 aromatic heterocycles. The number of hydrogen-bond acceptors (Lipinski definition) is 2. The van der Waals surface area contributed by atoms with Gasteiger partial charge in [-0.1, -0.05) is 31.2 Å². The molecule has 1 atom stereocenters. The van der Waals surface area contributed by atoms with Gasteiger partial charge in [-0.25, -0.2) is 0 Å². The van der Waals surface area contributed by atoms with Gasteiger partial charge >= 0.3 is 0 Å². The van der Waals surface area contributed by atoms with Crippen LogP contribution in [0.2, 0.25) is 0 Å². The van der Waals surface area contributed by atoms with Gasteiger partial charge in [0.15, 0.2) is 5.96 Å². The van der Waals surface area contributed by atoms with E-state index in [0.29, 0.717) is 12.0 Å². The van der Waals surface area contributed by atoms with Gasteiger partial charge in [0.25, 0.3) is 0 Å². The van der Waals surface area contributed by atoms with Crippen molar-refractivity contribution in [1.82, 2.24) is 10.2 Å². The van der Waals surface area contributed by atoms with Crippen LogP contribution in [0.3, 0.4) is 0 Å². The van der Waals surface area contributed by atoms with E-state index in [4.69, 9.17) is 5.73 Å². The SMILES string of the molecule is CCN1CCCC1CNC(N)=NCC1(c2ccccc2C)CC1.I. The summed E-state index contributed by atoms with van der Waals surface area (Å²) in [4.78, 5) is 7.18. The van der Waals surface area contributed by atoms with Crippen LogP contribution in [0, 0.1) is 6.92 Å². The van der Waals surface area contributed by atoms with Crippen LogP contribution in [0.5, 0.6) is 0 Å². The van der Waals surface area contributed by atoms with Crippen molar-refractivity contribution in [2.45, 2.75) is 51.0 Å². The second kappa shape index (κ2) is 8.52. The molecule has 1 aromatic rings. The normalized spacial score (nSPS) is 22.9. The monoisotopic (exact) mass is 442 g/mol. The van der Waals surface area contributed by atoms with Crippen molar-refractivity contribution < 1.29 is 0 Å². The van der Waals surface area contributed by atoms with E-state index in [1.807, 2.05) is 0 Å². The number of nitrogens with zero attached hydrogens (tertiary/aromatic N) is 2. The van der Waals surface area contributed by atoms with E-state index in [0.717, 1.165) is 19.6 Å². The van der Waals surface area contributed by atoms with Gasteiger partial charge in [-0.05, 0) is 56.8 Å². The molecule has 5 heteroatoms. The van der Waals surface area contributed by atoms with Crippen molar-refractivity contribution >= 4 is 29.9 Å². The maximum Gasteiger partial charge on any atom is 0.188 e. The maximum absolute atomic E-state index is 6.11. The molecule has 1 aliphatic heterocycles. The molecule has 3 N–H and O–H groups in total. The van der Waals surface area contributed by atoms with Gasteiger partial charge in [0.2, 0.25) is 0 Å². The fourth-order valence-electron chi connectivity index (χ4n) is 3.89. The largest absolute Gasteiger partial charge is 0.370 e. The van der Waals surface area contributed by atoms with E-state index >= 15 is 0 Å². The zero-order chi connectivity index (χ0) is 16.3. The molecule has 1 unspecified atom stereocenters. The van der Waals surface area contributed by atoms with E-state index in [1.165, 1.54) is 43.4 Å². The lowest BCUT2D eigenvalue weighted by atomic mass is 9.92. The predicted molar refractivity (Wildman–Crippen MR) is 112 cm³/mol. The Hall–Kier alpha value is -0.820. The van der Waals surface area contributed by atoms with Gasteiger partial charge in [0.05, 0.1) is 6.54 Å². The third kappa shape index (κ3) is 4.42. The molecule has 1 heterocycles. The van der Waals surface area contributed by atoms with E-state index in [1.54, 1.807) is 0 Å². The number of likely N-dealkylation sites (N-methyl/N-ethyl adjacent to an activating group) is 1. The first-order valence-electron chi connectivity index (χ1n) is 8.98. The van der Waals surface area contributed by atoms with Crippen LogP contribution in [-0.4, -0.2) is 43.1 Å². The quantitative estimate of drug-likeness (QED) is 0.405. The van der Waals surface area contributed by atoms with Crippen molar-refractivity contribution in [1.29, 1.82) is 0 Å². The highest BCUT2D eigenvalue weighted by Gasteiger charge is 2.44. The number of guanidine groups is 1. The molecular formula is C19H31IN4. The Balaban J connectivity index is 0.00000208. The van der Waals surface area contributed by atoms with Crippen LogP contribution < -0.4 is 11.1 Å². The Kier molecular flexibility index (Phi) is 6.92. The molecule has 1 saturated carbocycles. The minimum absolute atomic E-state index is 0. The number of halogens is 1. The van der Waals surface area contributed by atoms with Crippen LogP contribution in [-0.2, 0) is 5.41 Å². The fourth-order valence-corrected chi connectivity index (χ4v) is 3.89. The Morgan fingerprint density at radius 1 is 1.38 bits per heavy atom. The van der Waals surface area contributed by atoms with Gasteiger partial charge in [-0.2, -0.15) is 0 Å². The van der Waals surface area contributed by atoms with E-state index < -0.39 is 0 Å². The summed E-state index contributed by atoms with van der Waals surface area (Å²) in [6.07, 6.45) is 5.01. The summed E-state index contributed by atoms with van der Waals surface area (Å²) in [5, 5.41) is 3.34. The molecule has 2 aliphatic rings. The Morgan fingerprint density at radius 2 is 2.12 bits per heavy atom. The molecule has 1 saturated heterocycles. The molecule has 0 amide bonds. The second-order valence-corrected chi connectivity index (χ2v) is 7.10. The van der Waals surface area contributed by atoms with Gasteiger partial charge in [0.1, 0.15) is 0 Å². The molecule has 0 spiro atoms. The van der Waals surface area contributed by atoms with Gasteiger partial charge in [-0.15, -0.1) is 24.0 Å². The molecule has 3 rings (SSSR count). The van der Waals surface area contributed by atoms with Crippen LogP contribution in [0.25, 0.3) is 0 Å². The van der Waals surface area contributed by atoms with Gasteiger partial charge < -0.3 is 11.1 Å². The molecule has 24 heavy (non-hydrogen) atoms. The maximum atomic E-state index is 6.11. The predicted octanol–water partition coefficient (Wildman–Crippen LogP) is 3.03. The van der Waals surface area contributed by atoms with Crippen molar-refractivity contribution in [2.75, 3.05) is 26.2 Å². The lowest BCUT2D eigenvalue weighted by Crippen LogP contribution is -2.43. The first-order chi connectivity index (χ1) is 11.1.